The molecule has 1 saturated heterocycles. The largest absolute Gasteiger partial charge is 0.396 e. The fraction of sp³-hybridized carbons (Fsp3) is 0.923. The van der Waals surface area contributed by atoms with Crippen LogP contribution in [0.4, 0.5) is 0 Å². The Balaban J connectivity index is 2.92. The van der Waals surface area contributed by atoms with Gasteiger partial charge in [0, 0.05) is 6.61 Å². The molecule has 18 heavy (non-hydrogen) atoms. The molecule has 1 aliphatic rings. The quantitative estimate of drug-likeness (QED) is 0.625. The van der Waals surface area contributed by atoms with E-state index in [-0.39, 0.29) is 28.8 Å². The van der Waals surface area contributed by atoms with E-state index in [1.807, 2.05) is 11.8 Å². The molecule has 0 spiro atoms. The van der Waals surface area contributed by atoms with Gasteiger partial charge in [-0.05, 0) is 17.2 Å². The predicted molar refractivity (Wildman–Crippen MR) is 81.2 cm³/mol. The zero-order chi connectivity index (χ0) is 14.1. The molecule has 3 nitrogen and oxygen atoms in total. The van der Waals surface area contributed by atoms with E-state index in [9.17, 15) is 4.79 Å². The van der Waals surface area contributed by atoms with E-state index in [0.717, 1.165) is 5.75 Å². The molecular formula is C13H27NO2SSi. The fourth-order valence-electron chi connectivity index (χ4n) is 2.25. The van der Waals surface area contributed by atoms with Gasteiger partial charge in [-0.25, -0.2) is 0 Å². The van der Waals surface area contributed by atoms with E-state index < -0.39 is 8.24 Å². The van der Waals surface area contributed by atoms with Crippen LogP contribution in [0.1, 0.15) is 34.1 Å². The van der Waals surface area contributed by atoms with Crippen molar-refractivity contribution in [3.8, 4) is 0 Å². The van der Waals surface area contributed by atoms with Crippen molar-refractivity contribution in [1.29, 1.82) is 0 Å². The highest BCUT2D eigenvalue weighted by Crippen LogP contribution is 2.48. The standard InChI is InChI=1S/C13H27NO2SSi/c1-7-17-12-10(8-9-15)11(16)14(12)18(5,6)13(2,3)4/h10,12,15H,7-9H2,1-6H3. The van der Waals surface area contributed by atoms with Crippen molar-refractivity contribution in [3.63, 3.8) is 0 Å². The van der Waals surface area contributed by atoms with Gasteiger partial charge in [0.1, 0.15) is 0 Å². The molecule has 0 radical (unpaired) electrons. The number of thioether (sulfide) groups is 1. The van der Waals surface area contributed by atoms with Crippen LogP contribution in [0.5, 0.6) is 0 Å². The summed E-state index contributed by atoms with van der Waals surface area (Å²) < 4.78 is 2.17. The molecular weight excluding hydrogens is 262 g/mol. The number of amides is 1. The molecule has 0 aromatic heterocycles. The minimum absolute atomic E-state index is 0.0362. The first-order valence-electron chi connectivity index (χ1n) is 6.74. The highest BCUT2D eigenvalue weighted by atomic mass is 32.2. The third-order valence-electron chi connectivity index (χ3n) is 4.37. The number of β-lactam (4-membered cyclic amide) rings is 1. The second-order valence-corrected chi connectivity index (χ2v) is 13.0. The first kappa shape index (κ1) is 16.1. The van der Waals surface area contributed by atoms with Crippen LogP contribution in [0.2, 0.25) is 18.1 Å². The van der Waals surface area contributed by atoms with Crippen molar-refractivity contribution in [1.82, 2.24) is 4.57 Å². The summed E-state index contributed by atoms with van der Waals surface area (Å²) in [6.45, 7) is 13.5. The van der Waals surface area contributed by atoms with Gasteiger partial charge in [-0.3, -0.25) is 4.79 Å². The summed E-state index contributed by atoms with van der Waals surface area (Å²) in [6, 6.07) is 0. The monoisotopic (exact) mass is 289 g/mol. The van der Waals surface area contributed by atoms with Crippen LogP contribution < -0.4 is 0 Å². The Kier molecular flexibility index (Phi) is 4.95. The Hall–Kier alpha value is -0.00312. The van der Waals surface area contributed by atoms with Gasteiger partial charge < -0.3 is 9.67 Å². The van der Waals surface area contributed by atoms with Gasteiger partial charge >= 0.3 is 0 Å². The molecule has 2 unspecified atom stereocenters. The van der Waals surface area contributed by atoms with E-state index in [0.29, 0.717) is 6.42 Å². The van der Waals surface area contributed by atoms with Crippen molar-refractivity contribution >= 4 is 25.9 Å². The molecule has 5 heteroatoms. The Labute approximate surface area is 116 Å². The molecule has 1 fully saturated rings. The molecule has 0 bridgehead atoms. The average Bonchev–Trinajstić information content (AvgIpc) is 2.23. The lowest BCUT2D eigenvalue weighted by atomic mass is 9.98. The first-order chi connectivity index (χ1) is 8.18. The Morgan fingerprint density at radius 1 is 1.39 bits per heavy atom. The van der Waals surface area contributed by atoms with Gasteiger partial charge in [-0.15, -0.1) is 11.8 Å². The molecule has 2 atom stereocenters. The van der Waals surface area contributed by atoms with Crippen LogP contribution >= 0.6 is 11.8 Å². The summed E-state index contributed by atoms with van der Waals surface area (Å²) in [5, 5.41) is 9.55. The van der Waals surface area contributed by atoms with Crippen molar-refractivity contribution in [2.45, 2.75) is 57.6 Å². The van der Waals surface area contributed by atoms with Crippen molar-refractivity contribution in [3.05, 3.63) is 0 Å². The van der Waals surface area contributed by atoms with Crippen molar-refractivity contribution < 1.29 is 9.90 Å². The maximum atomic E-state index is 12.4. The summed E-state index contributed by atoms with van der Waals surface area (Å²) in [6.07, 6.45) is 0.613. The average molecular weight is 290 g/mol. The number of hydrogen-bond donors (Lipinski definition) is 1. The minimum Gasteiger partial charge on any atom is -0.396 e. The summed E-state index contributed by atoms with van der Waals surface area (Å²) in [5.74, 6) is 1.32. The molecule has 1 N–H and O–H groups in total. The van der Waals surface area contributed by atoms with Crippen molar-refractivity contribution in [2.75, 3.05) is 12.4 Å². The van der Waals surface area contributed by atoms with E-state index in [1.54, 1.807) is 0 Å². The predicted octanol–water partition coefficient (Wildman–Crippen LogP) is 2.91. The molecule has 0 saturated carbocycles. The molecule has 106 valence electrons. The van der Waals surface area contributed by atoms with Crippen LogP contribution in [0, 0.1) is 5.92 Å². The topological polar surface area (TPSA) is 40.5 Å². The normalized spacial score (nSPS) is 25.3. The molecule has 0 aromatic carbocycles. The van der Waals surface area contributed by atoms with Crippen LogP contribution in [-0.2, 0) is 4.79 Å². The van der Waals surface area contributed by atoms with Crippen LogP contribution in [0.25, 0.3) is 0 Å². The van der Waals surface area contributed by atoms with Crippen molar-refractivity contribution in [2.24, 2.45) is 5.92 Å². The molecule has 1 heterocycles. The number of rotatable bonds is 5. The smallest absolute Gasteiger partial charge is 0.221 e. The third-order valence-corrected chi connectivity index (χ3v) is 11.1. The summed E-state index contributed by atoms with van der Waals surface area (Å²) in [7, 11) is -1.77. The Bertz CT molecular complexity index is 315. The minimum atomic E-state index is -1.77. The lowest BCUT2D eigenvalue weighted by molar-refractivity contribution is -0.144. The summed E-state index contributed by atoms with van der Waals surface area (Å²) >= 11 is 1.85. The first-order valence-corrected chi connectivity index (χ1v) is 10.7. The number of aliphatic hydroxyl groups is 1. The van der Waals surface area contributed by atoms with E-state index >= 15 is 0 Å². The fourth-order valence-corrected chi connectivity index (χ4v) is 6.59. The number of aliphatic hydroxyl groups excluding tert-OH is 1. The Morgan fingerprint density at radius 2 is 1.94 bits per heavy atom. The number of hydrogen-bond acceptors (Lipinski definition) is 3. The molecule has 0 aliphatic carbocycles. The van der Waals surface area contributed by atoms with E-state index in [4.69, 9.17) is 5.11 Å². The zero-order valence-corrected chi connectivity index (χ0v) is 14.3. The van der Waals surface area contributed by atoms with Gasteiger partial charge in [-0.2, -0.15) is 0 Å². The molecule has 0 aromatic rings. The summed E-state index contributed by atoms with van der Waals surface area (Å²) in [5.41, 5.74) is 0. The van der Waals surface area contributed by atoms with Gasteiger partial charge in [-0.1, -0.05) is 40.8 Å². The lowest BCUT2D eigenvalue weighted by Crippen LogP contribution is -2.71. The highest BCUT2D eigenvalue weighted by molar-refractivity contribution is 8.00. The number of carbonyl (C=O) groups excluding carboxylic acids is 1. The van der Waals surface area contributed by atoms with Crippen LogP contribution in [-0.4, -0.2) is 41.5 Å². The highest BCUT2D eigenvalue weighted by Gasteiger charge is 2.56. The van der Waals surface area contributed by atoms with Crippen LogP contribution in [0.3, 0.4) is 0 Å². The van der Waals surface area contributed by atoms with Gasteiger partial charge in [0.05, 0.1) is 11.3 Å². The van der Waals surface area contributed by atoms with Gasteiger partial charge in [0.15, 0.2) is 8.24 Å². The second kappa shape index (κ2) is 5.55. The zero-order valence-electron chi connectivity index (χ0n) is 12.5. The Morgan fingerprint density at radius 3 is 2.33 bits per heavy atom. The van der Waals surface area contributed by atoms with Gasteiger partial charge in [0.2, 0.25) is 5.91 Å². The number of carbonyl (C=O) groups is 1. The summed E-state index contributed by atoms with van der Waals surface area (Å²) in [4.78, 5) is 12.4. The van der Waals surface area contributed by atoms with E-state index in [2.05, 4.69) is 45.4 Å². The second-order valence-electron chi connectivity index (χ2n) is 6.48. The number of nitrogens with zero attached hydrogens (tertiary/aromatic N) is 1. The SMILES string of the molecule is CCSC1C(CCO)C(=O)N1[Si](C)(C)C(C)(C)C. The van der Waals surface area contributed by atoms with Gasteiger partial charge in [0.25, 0.3) is 0 Å². The third kappa shape index (κ3) is 2.63. The van der Waals surface area contributed by atoms with Crippen LogP contribution in [0.15, 0.2) is 0 Å². The maximum Gasteiger partial charge on any atom is 0.221 e. The molecule has 1 amide bonds. The lowest BCUT2D eigenvalue weighted by Gasteiger charge is -2.58. The maximum absolute atomic E-state index is 12.4. The molecule has 1 rings (SSSR count). The molecule has 1 aliphatic heterocycles. The van der Waals surface area contributed by atoms with E-state index in [1.165, 1.54) is 0 Å².